The predicted octanol–water partition coefficient (Wildman–Crippen LogP) is 3.76. The third kappa shape index (κ3) is 7.30. The van der Waals surface area contributed by atoms with E-state index in [1.807, 2.05) is 11.8 Å². The second kappa shape index (κ2) is 12.8. The van der Waals surface area contributed by atoms with Crippen LogP contribution >= 0.6 is 47.2 Å². The van der Waals surface area contributed by atoms with Crippen LogP contribution in [0.25, 0.3) is 0 Å². The number of aliphatic imine (C=N–C) groups is 1. The maximum absolute atomic E-state index is 12.6. The molecule has 10 heteroatoms. The normalized spacial score (nSPS) is 19.5. The topological polar surface area (TPSA) is 81.7 Å². The number of hydrogen-bond acceptors (Lipinski definition) is 4. The standard InChI is InChI=1S/C20H30Cl2N6O.HI/c1-2-23-20(25-9-8-24-18-17(22)11-15(21)12-26-18)27-16-7-10-28(13-16)19(29)14-5-3-4-6-14;/h11-12,14,16H,2-10,13H2,1H3,(H,24,26)(H2,23,25,27);1H. The van der Waals surface area contributed by atoms with Crippen molar-refractivity contribution >= 4 is 64.9 Å². The lowest BCUT2D eigenvalue weighted by Gasteiger charge is -2.21. The number of rotatable bonds is 7. The average molecular weight is 569 g/mol. The zero-order valence-electron chi connectivity index (χ0n) is 17.3. The van der Waals surface area contributed by atoms with E-state index in [9.17, 15) is 4.79 Å². The van der Waals surface area contributed by atoms with Crippen molar-refractivity contribution in [1.29, 1.82) is 0 Å². The van der Waals surface area contributed by atoms with E-state index in [-0.39, 0.29) is 35.9 Å². The molecule has 3 rings (SSSR count). The van der Waals surface area contributed by atoms with E-state index >= 15 is 0 Å². The summed E-state index contributed by atoms with van der Waals surface area (Å²) in [7, 11) is 0. The highest BCUT2D eigenvalue weighted by atomic mass is 127. The fourth-order valence-electron chi connectivity index (χ4n) is 3.91. The lowest BCUT2D eigenvalue weighted by atomic mass is 10.1. The van der Waals surface area contributed by atoms with Gasteiger partial charge in [0, 0.05) is 44.3 Å². The number of anilines is 1. The summed E-state index contributed by atoms with van der Waals surface area (Å²) in [4.78, 5) is 23.4. The van der Waals surface area contributed by atoms with E-state index < -0.39 is 0 Å². The molecule has 1 aliphatic carbocycles. The molecule has 1 saturated heterocycles. The highest BCUT2D eigenvalue weighted by Crippen LogP contribution is 2.28. The van der Waals surface area contributed by atoms with E-state index in [1.54, 1.807) is 12.3 Å². The first kappa shape index (κ1) is 25.3. The van der Waals surface area contributed by atoms with Gasteiger partial charge in [-0.3, -0.25) is 9.79 Å². The maximum Gasteiger partial charge on any atom is 0.225 e. The lowest BCUT2D eigenvalue weighted by molar-refractivity contribution is -0.134. The van der Waals surface area contributed by atoms with Gasteiger partial charge in [-0.2, -0.15) is 0 Å². The van der Waals surface area contributed by atoms with E-state index in [1.165, 1.54) is 12.8 Å². The van der Waals surface area contributed by atoms with Crippen LogP contribution in [0, 0.1) is 5.92 Å². The summed E-state index contributed by atoms with van der Waals surface area (Å²) in [6.07, 6.45) is 6.99. The molecule has 1 aromatic rings. The van der Waals surface area contributed by atoms with E-state index in [0.29, 0.717) is 34.9 Å². The molecule has 0 aromatic carbocycles. The smallest absolute Gasteiger partial charge is 0.225 e. The monoisotopic (exact) mass is 568 g/mol. The number of halogens is 3. The molecule has 2 heterocycles. The van der Waals surface area contributed by atoms with Crippen molar-refractivity contribution in [3.05, 3.63) is 22.3 Å². The van der Waals surface area contributed by atoms with Gasteiger partial charge < -0.3 is 20.9 Å². The first-order valence-electron chi connectivity index (χ1n) is 10.5. The fraction of sp³-hybridized carbons (Fsp3) is 0.650. The van der Waals surface area contributed by atoms with Gasteiger partial charge in [0.1, 0.15) is 5.82 Å². The van der Waals surface area contributed by atoms with Crippen LogP contribution in [-0.2, 0) is 4.79 Å². The van der Waals surface area contributed by atoms with Crippen LogP contribution < -0.4 is 16.0 Å². The van der Waals surface area contributed by atoms with Crippen molar-refractivity contribution in [1.82, 2.24) is 20.5 Å². The average Bonchev–Trinajstić information content (AvgIpc) is 3.38. The number of pyridine rings is 1. The Bertz CT molecular complexity index is 729. The van der Waals surface area contributed by atoms with Crippen molar-refractivity contribution in [2.75, 3.05) is 38.0 Å². The SMILES string of the molecule is CCNC(=NCCNc1ncc(Cl)cc1Cl)NC1CCN(C(=O)C2CCCC2)C1.I. The molecular formula is C20H31Cl2IN6O. The highest BCUT2D eigenvalue weighted by molar-refractivity contribution is 14.0. The Hall–Kier alpha value is -1.000. The van der Waals surface area contributed by atoms with Gasteiger partial charge in [0.05, 0.1) is 16.6 Å². The van der Waals surface area contributed by atoms with Crippen molar-refractivity contribution in [2.45, 2.75) is 45.1 Å². The van der Waals surface area contributed by atoms with Gasteiger partial charge in [0.25, 0.3) is 0 Å². The minimum absolute atomic E-state index is 0. The number of likely N-dealkylation sites (tertiary alicyclic amines) is 1. The van der Waals surface area contributed by atoms with Gasteiger partial charge in [-0.05, 0) is 32.3 Å². The molecule has 0 radical (unpaired) electrons. The molecule has 1 amide bonds. The molecule has 0 spiro atoms. The molecule has 2 fully saturated rings. The molecule has 2 aliphatic rings. The Labute approximate surface area is 205 Å². The zero-order chi connectivity index (χ0) is 20.6. The van der Waals surface area contributed by atoms with Gasteiger partial charge in [0.15, 0.2) is 5.96 Å². The van der Waals surface area contributed by atoms with Gasteiger partial charge in [-0.15, -0.1) is 24.0 Å². The molecule has 1 saturated carbocycles. The van der Waals surface area contributed by atoms with Gasteiger partial charge in [-0.25, -0.2) is 4.98 Å². The summed E-state index contributed by atoms with van der Waals surface area (Å²) < 4.78 is 0. The van der Waals surface area contributed by atoms with Crippen LogP contribution in [0.15, 0.2) is 17.3 Å². The van der Waals surface area contributed by atoms with E-state index in [4.69, 9.17) is 23.2 Å². The summed E-state index contributed by atoms with van der Waals surface area (Å²) in [6, 6.07) is 1.89. The number of amides is 1. The van der Waals surface area contributed by atoms with Crippen LogP contribution in [0.2, 0.25) is 10.0 Å². The molecule has 3 N–H and O–H groups in total. The Kier molecular flexibility index (Phi) is 10.7. The Morgan fingerprint density at radius 1 is 1.30 bits per heavy atom. The highest BCUT2D eigenvalue weighted by Gasteiger charge is 2.32. The number of hydrogen-bond donors (Lipinski definition) is 3. The molecule has 30 heavy (non-hydrogen) atoms. The third-order valence-electron chi connectivity index (χ3n) is 5.37. The van der Waals surface area contributed by atoms with Crippen LogP contribution in [0.4, 0.5) is 5.82 Å². The predicted molar refractivity (Wildman–Crippen MR) is 134 cm³/mol. The molecule has 0 bridgehead atoms. The van der Waals surface area contributed by atoms with Crippen molar-refractivity contribution in [2.24, 2.45) is 10.9 Å². The summed E-state index contributed by atoms with van der Waals surface area (Å²) in [6.45, 7) is 5.56. The van der Waals surface area contributed by atoms with Gasteiger partial charge in [0.2, 0.25) is 5.91 Å². The lowest BCUT2D eigenvalue weighted by Crippen LogP contribution is -2.45. The van der Waals surface area contributed by atoms with Crippen molar-refractivity contribution in [3.63, 3.8) is 0 Å². The molecule has 1 atom stereocenters. The van der Waals surface area contributed by atoms with E-state index in [2.05, 4.69) is 25.9 Å². The molecule has 7 nitrogen and oxygen atoms in total. The molecule has 1 aromatic heterocycles. The molecular weight excluding hydrogens is 538 g/mol. The third-order valence-corrected chi connectivity index (χ3v) is 5.87. The summed E-state index contributed by atoms with van der Waals surface area (Å²) in [5.41, 5.74) is 0. The Balaban J connectivity index is 0.00000320. The second-order valence-corrected chi connectivity index (χ2v) is 8.41. The minimum atomic E-state index is 0. The van der Waals surface area contributed by atoms with Gasteiger partial charge >= 0.3 is 0 Å². The largest absolute Gasteiger partial charge is 0.367 e. The number of carbonyl (C=O) groups is 1. The quantitative estimate of drug-likeness (QED) is 0.202. The van der Waals surface area contributed by atoms with Crippen LogP contribution in [0.5, 0.6) is 0 Å². The molecule has 168 valence electrons. The first-order valence-corrected chi connectivity index (χ1v) is 11.2. The van der Waals surface area contributed by atoms with Crippen LogP contribution in [0.3, 0.4) is 0 Å². The Morgan fingerprint density at radius 3 is 2.77 bits per heavy atom. The number of guanidine groups is 1. The number of nitrogens with zero attached hydrogens (tertiary/aromatic N) is 3. The zero-order valence-corrected chi connectivity index (χ0v) is 21.1. The molecule has 1 aliphatic heterocycles. The first-order chi connectivity index (χ1) is 14.1. The number of nitrogens with one attached hydrogen (secondary N) is 3. The fourth-order valence-corrected chi connectivity index (χ4v) is 4.36. The Morgan fingerprint density at radius 2 is 2.07 bits per heavy atom. The van der Waals surface area contributed by atoms with Crippen molar-refractivity contribution < 1.29 is 4.79 Å². The van der Waals surface area contributed by atoms with Gasteiger partial charge in [-0.1, -0.05) is 36.0 Å². The molecule has 1 unspecified atom stereocenters. The summed E-state index contributed by atoms with van der Waals surface area (Å²) in [5.74, 6) is 1.95. The summed E-state index contributed by atoms with van der Waals surface area (Å²) in [5, 5.41) is 10.9. The second-order valence-electron chi connectivity index (χ2n) is 7.57. The minimum Gasteiger partial charge on any atom is -0.367 e. The maximum atomic E-state index is 12.6. The van der Waals surface area contributed by atoms with Crippen LogP contribution in [0.1, 0.15) is 39.0 Å². The van der Waals surface area contributed by atoms with Crippen molar-refractivity contribution in [3.8, 4) is 0 Å². The van der Waals surface area contributed by atoms with E-state index in [0.717, 1.165) is 44.9 Å². The summed E-state index contributed by atoms with van der Waals surface area (Å²) >= 11 is 12.0. The number of aromatic nitrogens is 1. The number of carbonyl (C=O) groups excluding carboxylic acids is 1. The van der Waals surface area contributed by atoms with Crippen LogP contribution in [-0.4, -0.2) is 60.5 Å².